The summed E-state index contributed by atoms with van der Waals surface area (Å²) in [4.78, 5) is 37.6. The maximum Gasteiger partial charge on any atom is 0.251 e. The van der Waals surface area contributed by atoms with Crippen molar-refractivity contribution in [3.05, 3.63) is 70.8 Å². The van der Waals surface area contributed by atoms with Crippen LogP contribution in [0.4, 0.5) is 0 Å². The van der Waals surface area contributed by atoms with E-state index >= 15 is 0 Å². The second kappa shape index (κ2) is 9.52. The molecule has 0 saturated heterocycles. The standard InChI is InChI=1S/C21H25N3O3/c1-15-6-4-5-7-18(15)21(27)23-13-12-19(25)24(3)14-16-8-10-17(11-9-16)20(26)22-2/h4-11H,12-14H2,1-3H3,(H,22,26)(H,23,27). The van der Waals surface area contributed by atoms with E-state index in [9.17, 15) is 14.4 Å². The van der Waals surface area contributed by atoms with Crippen LogP contribution < -0.4 is 10.6 Å². The zero-order valence-electron chi connectivity index (χ0n) is 15.9. The first kappa shape index (κ1) is 20.2. The van der Waals surface area contributed by atoms with Crippen molar-refractivity contribution in [2.75, 3.05) is 20.6 Å². The maximum atomic E-state index is 12.3. The highest BCUT2D eigenvalue weighted by molar-refractivity contribution is 5.95. The van der Waals surface area contributed by atoms with Gasteiger partial charge in [0.25, 0.3) is 11.8 Å². The van der Waals surface area contributed by atoms with Gasteiger partial charge in [-0.3, -0.25) is 14.4 Å². The molecule has 2 rings (SSSR count). The number of nitrogens with zero attached hydrogens (tertiary/aromatic N) is 1. The van der Waals surface area contributed by atoms with Gasteiger partial charge in [0.05, 0.1) is 0 Å². The summed E-state index contributed by atoms with van der Waals surface area (Å²) in [5.74, 6) is -0.376. The highest BCUT2D eigenvalue weighted by Gasteiger charge is 2.12. The van der Waals surface area contributed by atoms with Crippen molar-refractivity contribution in [2.24, 2.45) is 0 Å². The smallest absolute Gasteiger partial charge is 0.251 e. The Morgan fingerprint density at radius 3 is 2.26 bits per heavy atom. The third-order valence-corrected chi connectivity index (χ3v) is 4.30. The van der Waals surface area contributed by atoms with Crippen molar-refractivity contribution >= 4 is 17.7 Å². The summed E-state index contributed by atoms with van der Waals surface area (Å²) in [7, 11) is 3.30. The largest absolute Gasteiger partial charge is 0.355 e. The zero-order valence-corrected chi connectivity index (χ0v) is 15.9. The summed E-state index contributed by atoms with van der Waals surface area (Å²) in [6.07, 6.45) is 0.227. The molecule has 0 aliphatic heterocycles. The molecule has 2 aromatic carbocycles. The van der Waals surface area contributed by atoms with Gasteiger partial charge >= 0.3 is 0 Å². The molecule has 0 radical (unpaired) electrons. The second-order valence-electron chi connectivity index (χ2n) is 6.35. The first-order valence-corrected chi connectivity index (χ1v) is 8.81. The van der Waals surface area contributed by atoms with Crippen LogP contribution in [0.15, 0.2) is 48.5 Å². The van der Waals surface area contributed by atoms with E-state index in [0.29, 0.717) is 17.7 Å². The van der Waals surface area contributed by atoms with Gasteiger partial charge in [-0.1, -0.05) is 30.3 Å². The number of hydrogen-bond acceptors (Lipinski definition) is 3. The van der Waals surface area contributed by atoms with Gasteiger partial charge < -0.3 is 15.5 Å². The Hall–Kier alpha value is -3.15. The number of benzene rings is 2. The van der Waals surface area contributed by atoms with E-state index in [1.807, 2.05) is 37.3 Å². The van der Waals surface area contributed by atoms with Crippen LogP contribution in [0.1, 0.15) is 38.3 Å². The normalized spacial score (nSPS) is 10.2. The minimum atomic E-state index is -0.173. The van der Waals surface area contributed by atoms with E-state index in [2.05, 4.69) is 10.6 Å². The molecule has 27 heavy (non-hydrogen) atoms. The summed E-state index contributed by atoms with van der Waals surface area (Å²) in [5.41, 5.74) is 3.03. The highest BCUT2D eigenvalue weighted by Crippen LogP contribution is 2.08. The van der Waals surface area contributed by atoms with Gasteiger partial charge in [0, 0.05) is 44.7 Å². The predicted molar refractivity (Wildman–Crippen MR) is 104 cm³/mol. The third kappa shape index (κ3) is 5.67. The fourth-order valence-electron chi connectivity index (χ4n) is 2.66. The van der Waals surface area contributed by atoms with Crippen LogP contribution in [-0.2, 0) is 11.3 Å². The number of rotatable bonds is 7. The molecule has 2 N–H and O–H groups in total. The van der Waals surface area contributed by atoms with Crippen molar-refractivity contribution in [3.63, 3.8) is 0 Å². The molecule has 2 aromatic rings. The summed E-state index contributed by atoms with van der Waals surface area (Å²) in [6, 6.07) is 14.5. The van der Waals surface area contributed by atoms with Crippen molar-refractivity contribution < 1.29 is 14.4 Å². The van der Waals surface area contributed by atoms with Gasteiger partial charge in [0.2, 0.25) is 5.91 Å². The van der Waals surface area contributed by atoms with Gasteiger partial charge in [0.15, 0.2) is 0 Å². The van der Waals surface area contributed by atoms with E-state index in [4.69, 9.17) is 0 Å². The maximum absolute atomic E-state index is 12.3. The molecule has 0 heterocycles. The average molecular weight is 367 g/mol. The predicted octanol–water partition coefficient (Wildman–Crippen LogP) is 2.13. The number of carbonyl (C=O) groups is 3. The fourth-order valence-corrected chi connectivity index (χ4v) is 2.66. The van der Waals surface area contributed by atoms with E-state index in [0.717, 1.165) is 11.1 Å². The summed E-state index contributed by atoms with van der Waals surface area (Å²) in [5, 5.41) is 5.35. The summed E-state index contributed by atoms with van der Waals surface area (Å²) >= 11 is 0. The summed E-state index contributed by atoms with van der Waals surface area (Å²) < 4.78 is 0. The van der Waals surface area contributed by atoms with Crippen LogP contribution in [0.2, 0.25) is 0 Å². The fraction of sp³-hybridized carbons (Fsp3) is 0.286. The van der Waals surface area contributed by atoms with Crippen LogP contribution in [0.3, 0.4) is 0 Å². The van der Waals surface area contributed by atoms with Gasteiger partial charge in [-0.05, 0) is 36.2 Å². The molecule has 0 aliphatic rings. The van der Waals surface area contributed by atoms with Crippen LogP contribution in [0.25, 0.3) is 0 Å². The molecule has 0 spiro atoms. The lowest BCUT2D eigenvalue weighted by Crippen LogP contribution is -2.32. The number of aryl methyl sites for hydroxylation is 1. The van der Waals surface area contributed by atoms with Gasteiger partial charge in [0.1, 0.15) is 0 Å². The molecular weight excluding hydrogens is 342 g/mol. The van der Waals surface area contributed by atoms with E-state index < -0.39 is 0 Å². The number of nitrogens with one attached hydrogen (secondary N) is 2. The molecule has 6 heteroatoms. The number of amides is 3. The molecular formula is C21H25N3O3. The Labute approximate surface area is 159 Å². The molecule has 0 unspecified atom stereocenters. The molecule has 0 saturated carbocycles. The van der Waals surface area contributed by atoms with Crippen molar-refractivity contribution in [3.8, 4) is 0 Å². The minimum Gasteiger partial charge on any atom is -0.355 e. The molecule has 0 fully saturated rings. The highest BCUT2D eigenvalue weighted by atomic mass is 16.2. The molecule has 0 aromatic heterocycles. The van der Waals surface area contributed by atoms with E-state index in [1.165, 1.54) is 0 Å². The Kier molecular flexibility index (Phi) is 7.11. The zero-order chi connectivity index (χ0) is 19.8. The van der Waals surface area contributed by atoms with Gasteiger partial charge in [-0.15, -0.1) is 0 Å². The van der Waals surface area contributed by atoms with E-state index in [1.54, 1.807) is 37.2 Å². The quantitative estimate of drug-likeness (QED) is 0.787. The molecule has 0 aliphatic carbocycles. The van der Waals surface area contributed by atoms with Crippen molar-refractivity contribution in [1.29, 1.82) is 0 Å². The average Bonchev–Trinajstić information content (AvgIpc) is 2.68. The first-order valence-electron chi connectivity index (χ1n) is 8.81. The van der Waals surface area contributed by atoms with Gasteiger partial charge in [-0.25, -0.2) is 0 Å². The molecule has 142 valence electrons. The monoisotopic (exact) mass is 367 g/mol. The van der Waals surface area contributed by atoms with E-state index in [-0.39, 0.29) is 30.7 Å². The van der Waals surface area contributed by atoms with Crippen LogP contribution in [-0.4, -0.2) is 43.3 Å². The Morgan fingerprint density at radius 2 is 1.63 bits per heavy atom. The Bertz CT molecular complexity index is 816. The van der Waals surface area contributed by atoms with Crippen molar-refractivity contribution in [2.45, 2.75) is 19.9 Å². The lowest BCUT2D eigenvalue weighted by Gasteiger charge is -2.18. The molecule has 6 nitrogen and oxygen atoms in total. The number of carbonyl (C=O) groups excluding carboxylic acids is 3. The molecule has 0 atom stereocenters. The molecule has 3 amide bonds. The molecule has 0 bridgehead atoms. The topological polar surface area (TPSA) is 78.5 Å². The van der Waals surface area contributed by atoms with Crippen LogP contribution in [0, 0.1) is 6.92 Å². The van der Waals surface area contributed by atoms with Crippen LogP contribution in [0.5, 0.6) is 0 Å². The Morgan fingerprint density at radius 1 is 0.963 bits per heavy atom. The number of hydrogen-bond donors (Lipinski definition) is 2. The lowest BCUT2D eigenvalue weighted by atomic mass is 10.1. The minimum absolute atomic E-state index is 0.0598. The van der Waals surface area contributed by atoms with Gasteiger partial charge in [-0.2, -0.15) is 0 Å². The van der Waals surface area contributed by atoms with Crippen LogP contribution >= 0.6 is 0 Å². The third-order valence-electron chi connectivity index (χ3n) is 4.30. The Balaban J connectivity index is 1.81. The second-order valence-corrected chi connectivity index (χ2v) is 6.35. The SMILES string of the molecule is CNC(=O)c1ccc(CN(C)C(=O)CCNC(=O)c2ccccc2C)cc1. The van der Waals surface area contributed by atoms with Crippen molar-refractivity contribution in [1.82, 2.24) is 15.5 Å². The lowest BCUT2D eigenvalue weighted by molar-refractivity contribution is -0.130. The first-order chi connectivity index (χ1) is 12.9. The summed E-state index contributed by atoms with van der Waals surface area (Å²) in [6.45, 7) is 2.60.